The highest BCUT2D eigenvalue weighted by Crippen LogP contribution is 2.22. The number of aryl methyl sites for hydroxylation is 2. The monoisotopic (exact) mass is 243 g/mol. The van der Waals surface area contributed by atoms with Crippen LogP contribution in [0.4, 0.5) is 5.82 Å². The number of anilines is 1. The molecule has 0 aliphatic carbocycles. The lowest BCUT2D eigenvalue weighted by molar-refractivity contribution is 1.01. The zero-order chi connectivity index (χ0) is 12.1. The topological polar surface area (TPSA) is 56.2 Å². The van der Waals surface area contributed by atoms with Crippen molar-refractivity contribution in [2.24, 2.45) is 0 Å². The smallest absolute Gasteiger partial charge is 0.150 e. The molecule has 2 heterocycles. The SMILES string of the molecule is [2H]C([2H])([2H])c1nc(Br)c2c(N)nc(C)cn12. The van der Waals surface area contributed by atoms with Crippen molar-refractivity contribution >= 4 is 27.3 Å². The molecule has 0 aliphatic rings. The van der Waals surface area contributed by atoms with Crippen molar-refractivity contribution in [1.29, 1.82) is 0 Å². The van der Waals surface area contributed by atoms with Crippen LogP contribution >= 0.6 is 15.9 Å². The van der Waals surface area contributed by atoms with E-state index in [0.29, 0.717) is 15.8 Å². The molecule has 2 aromatic heterocycles. The van der Waals surface area contributed by atoms with Crippen LogP contribution in [0.3, 0.4) is 0 Å². The van der Waals surface area contributed by atoms with Crippen LogP contribution in [-0.4, -0.2) is 14.4 Å². The average molecular weight is 244 g/mol. The van der Waals surface area contributed by atoms with Crippen LogP contribution in [0.15, 0.2) is 10.8 Å². The fourth-order valence-electron chi connectivity index (χ4n) is 1.22. The van der Waals surface area contributed by atoms with Gasteiger partial charge < -0.3 is 5.73 Å². The molecule has 0 bridgehead atoms. The highest BCUT2D eigenvalue weighted by atomic mass is 79.9. The highest BCUT2D eigenvalue weighted by Gasteiger charge is 2.09. The molecule has 0 unspecified atom stereocenters. The highest BCUT2D eigenvalue weighted by molar-refractivity contribution is 9.10. The van der Waals surface area contributed by atoms with Crippen molar-refractivity contribution in [2.45, 2.75) is 13.8 Å². The Morgan fingerprint density at radius 3 is 3.08 bits per heavy atom. The zero-order valence-electron chi connectivity index (χ0n) is 9.87. The second kappa shape index (κ2) is 2.70. The second-order valence-corrected chi connectivity index (χ2v) is 3.46. The lowest BCUT2D eigenvalue weighted by atomic mass is 10.4. The van der Waals surface area contributed by atoms with Gasteiger partial charge in [-0.1, -0.05) is 0 Å². The third kappa shape index (κ3) is 1.19. The Bertz CT molecular complexity index is 560. The number of imidazole rings is 1. The molecule has 0 aliphatic heterocycles. The third-order valence-electron chi connectivity index (χ3n) is 1.72. The van der Waals surface area contributed by atoms with Gasteiger partial charge in [0.25, 0.3) is 0 Å². The number of nitrogens with two attached hydrogens (primary N) is 1. The first-order valence-corrected chi connectivity index (χ1v) is 4.41. The van der Waals surface area contributed by atoms with E-state index >= 15 is 0 Å². The zero-order valence-corrected chi connectivity index (χ0v) is 8.46. The quantitative estimate of drug-likeness (QED) is 0.767. The Hall–Kier alpha value is -1.10. The summed E-state index contributed by atoms with van der Waals surface area (Å²) in [7, 11) is 0. The summed E-state index contributed by atoms with van der Waals surface area (Å²) in [5.41, 5.74) is 6.85. The van der Waals surface area contributed by atoms with Crippen LogP contribution in [0.25, 0.3) is 5.52 Å². The van der Waals surface area contributed by atoms with Gasteiger partial charge in [-0.05, 0) is 29.7 Å². The summed E-state index contributed by atoms with van der Waals surface area (Å²) in [6, 6.07) is 0. The molecule has 0 fully saturated rings. The largest absolute Gasteiger partial charge is 0.382 e. The maximum atomic E-state index is 7.38. The summed E-state index contributed by atoms with van der Waals surface area (Å²) in [4.78, 5) is 8.02. The maximum absolute atomic E-state index is 7.38. The predicted molar refractivity (Wildman–Crippen MR) is 54.6 cm³/mol. The first kappa shape index (κ1) is 5.59. The van der Waals surface area contributed by atoms with Crippen LogP contribution in [-0.2, 0) is 0 Å². The Labute approximate surface area is 88.1 Å². The molecule has 68 valence electrons. The van der Waals surface area contributed by atoms with Gasteiger partial charge in [0.15, 0.2) is 5.82 Å². The molecule has 0 aromatic carbocycles. The molecule has 2 rings (SSSR count). The molecule has 0 saturated heterocycles. The number of fused-ring (bicyclic) bond motifs is 1. The Balaban J connectivity index is 2.89. The molecule has 0 saturated carbocycles. The molecule has 0 atom stereocenters. The van der Waals surface area contributed by atoms with Gasteiger partial charge in [-0.3, -0.25) is 4.40 Å². The number of nitrogen functional groups attached to an aromatic ring is 1. The van der Waals surface area contributed by atoms with Crippen molar-refractivity contribution in [3.63, 3.8) is 0 Å². The molecular weight excluding hydrogens is 232 g/mol. The standard InChI is InChI=1S/C8H9BrN4/c1-4-3-13-5(2)12-7(9)6(13)8(10)11-4/h3H,1-2H3,(H2,10,11)/i2D3. The lowest BCUT2D eigenvalue weighted by Crippen LogP contribution is -1.98. The van der Waals surface area contributed by atoms with Crippen molar-refractivity contribution < 1.29 is 4.11 Å². The average Bonchev–Trinajstić information content (AvgIpc) is 2.41. The van der Waals surface area contributed by atoms with Crippen LogP contribution in [0.2, 0.25) is 0 Å². The van der Waals surface area contributed by atoms with E-state index in [-0.39, 0.29) is 11.6 Å². The number of halogens is 1. The van der Waals surface area contributed by atoms with E-state index in [1.807, 2.05) is 0 Å². The van der Waals surface area contributed by atoms with E-state index < -0.39 is 6.85 Å². The molecule has 4 nitrogen and oxygen atoms in total. The van der Waals surface area contributed by atoms with Crippen molar-refractivity contribution in [1.82, 2.24) is 14.4 Å². The summed E-state index contributed by atoms with van der Waals surface area (Å²) in [5, 5.41) is 0. The molecule has 13 heavy (non-hydrogen) atoms. The van der Waals surface area contributed by atoms with Gasteiger partial charge in [-0.15, -0.1) is 0 Å². The molecule has 0 radical (unpaired) electrons. The normalized spacial score (nSPS) is 15.4. The minimum absolute atomic E-state index is 0.0217. The minimum Gasteiger partial charge on any atom is -0.382 e. The number of nitrogens with zero attached hydrogens (tertiary/aromatic N) is 3. The molecule has 0 spiro atoms. The van der Waals surface area contributed by atoms with Crippen molar-refractivity contribution in [3.8, 4) is 0 Å². The van der Waals surface area contributed by atoms with Crippen LogP contribution in [0.5, 0.6) is 0 Å². The lowest BCUT2D eigenvalue weighted by Gasteiger charge is -2.01. The summed E-state index contributed by atoms with van der Waals surface area (Å²) in [5.74, 6) is 0.237. The number of aromatic nitrogens is 3. The van der Waals surface area contributed by atoms with E-state index in [4.69, 9.17) is 9.85 Å². The minimum atomic E-state index is -2.28. The first-order chi connectivity index (χ1) is 7.30. The van der Waals surface area contributed by atoms with Gasteiger partial charge in [0.2, 0.25) is 0 Å². The second-order valence-electron chi connectivity index (χ2n) is 2.71. The van der Waals surface area contributed by atoms with E-state index in [0.717, 1.165) is 0 Å². The number of hydrogen-bond donors (Lipinski definition) is 1. The van der Waals surface area contributed by atoms with E-state index in [1.165, 1.54) is 4.40 Å². The van der Waals surface area contributed by atoms with Gasteiger partial charge in [-0.2, -0.15) is 0 Å². The fraction of sp³-hybridized carbons (Fsp3) is 0.250. The van der Waals surface area contributed by atoms with Gasteiger partial charge in [-0.25, -0.2) is 9.97 Å². The fourth-order valence-corrected chi connectivity index (χ4v) is 1.78. The van der Waals surface area contributed by atoms with Crippen molar-refractivity contribution in [2.75, 3.05) is 5.73 Å². The van der Waals surface area contributed by atoms with Crippen LogP contribution in [0.1, 0.15) is 15.6 Å². The predicted octanol–water partition coefficient (Wildman–Crippen LogP) is 1.69. The van der Waals surface area contributed by atoms with Gasteiger partial charge >= 0.3 is 0 Å². The molecular formula is C8H9BrN4. The Morgan fingerprint density at radius 2 is 2.38 bits per heavy atom. The summed E-state index contributed by atoms with van der Waals surface area (Å²) in [6.07, 6.45) is 1.60. The Kier molecular flexibility index (Phi) is 1.16. The molecule has 5 heteroatoms. The molecule has 2 aromatic rings. The molecule has 0 amide bonds. The van der Waals surface area contributed by atoms with E-state index in [9.17, 15) is 0 Å². The van der Waals surface area contributed by atoms with Crippen molar-refractivity contribution in [3.05, 3.63) is 22.3 Å². The summed E-state index contributed by atoms with van der Waals surface area (Å²) >= 11 is 3.18. The van der Waals surface area contributed by atoms with E-state index in [1.54, 1.807) is 13.1 Å². The van der Waals surface area contributed by atoms with Gasteiger partial charge in [0.1, 0.15) is 15.9 Å². The first-order valence-electron chi connectivity index (χ1n) is 5.12. The Morgan fingerprint density at radius 1 is 1.62 bits per heavy atom. The molecule has 2 N–H and O–H groups in total. The van der Waals surface area contributed by atoms with E-state index in [2.05, 4.69) is 25.9 Å². The summed E-state index contributed by atoms with van der Waals surface area (Å²) in [6.45, 7) is -0.540. The van der Waals surface area contributed by atoms with Crippen LogP contribution in [0, 0.1) is 13.8 Å². The number of hydrogen-bond acceptors (Lipinski definition) is 3. The van der Waals surface area contributed by atoms with Gasteiger partial charge in [0, 0.05) is 10.3 Å². The maximum Gasteiger partial charge on any atom is 0.150 e. The van der Waals surface area contributed by atoms with Gasteiger partial charge in [0.05, 0.1) is 5.69 Å². The third-order valence-corrected chi connectivity index (χ3v) is 2.28. The summed E-state index contributed by atoms with van der Waals surface area (Å²) < 4.78 is 24.0. The van der Waals surface area contributed by atoms with Crippen LogP contribution < -0.4 is 5.73 Å². The number of rotatable bonds is 0.